The second-order valence-corrected chi connectivity index (χ2v) is 7.56. The van der Waals surface area contributed by atoms with Crippen LogP contribution in [0.5, 0.6) is 0 Å². The van der Waals surface area contributed by atoms with Gasteiger partial charge in [-0.1, -0.05) is 26.0 Å². The molecule has 1 N–H and O–H groups in total. The van der Waals surface area contributed by atoms with E-state index < -0.39 is 0 Å². The highest BCUT2D eigenvalue weighted by Crippen LogP contribution is 2.31. The first-order chi connectivity index (χ1) is 8.29. The Hall–Kier alpha value is -0.540. The summed E-state index contributed by atoms with van der Waals surface area (Å²) in [5.41, 5.74) is 1.72. The molecule has 1 aliphatic rings. The molecule has 1 aromatic rings. The van der Waals surface area contributed by atoms with Crippen molar-refractivity contribution in [2.45, 2.75) is 33.2 Å². The van der Waals surface area contributed by atoms with Gasteiger partial charge < -0.3 is 10.2 Å². The molecule has 18 heavy (non-hydrogen) atoms. The molecular formula is C15H23BrN2. The first kappa shape index (κ1) is 13.9. The lowest BCUT2D eigenvalue weighted by Crippen LogP contribution is -2.46. The van der Waals surface area contributed by atoms with Crippen LogP contribution in [0.25, 0.3) is 0 Å². The number of para-hydroxylation sites is 1. The Morgan fingerprint density at radius 3 is 2.44 bits per heavy atom. The molecule has 1 aliphatic heterocycles. The Morgan fingerprint density at radius 2 is 1.78 bits per heavy atom. The molecule has 3 heteroatoms. The molecule has 1 fully saturated rings. The second kappa shape index (κ2) is 4.86. The van der Waals surface area contributed by atoms with E-state index in [9.17, 15) is 0 Å². The van der Waals surface area contributed by atoms with Crippen molar-refractivity contribution in [2.75, 3.05) is 24.5 Å². The Bertz CT molecular complexity index is 408. The fourth-order valence-electron chi connectivity index (χ4n) is 2.52. The monoisotopic (exact) mass is 310 g/mol. The zero-order chi connectivity index (χ0) is 13.4. The lowest BCUT2D eigenvalue weighted by molar-refractivity contribution is 0.332. The predicted molar refractivity (Wildman–Crippen MR) is 82.2 cm³/mol. The molecule has 0 amide bonds. The third-order valence-corrected chi connectivity index (χ3v) is 4.11. The third-order valence-electron chi connectivity index (χ3n) is 3.44. The molecule has 0 unspecified atom stereocenters. The highest BCUT2D eigenvalue weighted by Gasteiger charge is 2.33. The zero-order valence-corrected chi connectivity index (χ0v) is 13.3. The molecule has 1 aromatic carbocycles. The van der Waals surface area contributed by atoms with Crippen molar-refractivity contribution in [1.82, 2.24) is 5.32 Å². The number of hydrogen-bond donors (Lipinski definition) is 1. The van der Waals surface area contributed by atoms with Crippen molar-refractivity contribution >= 4 is 21.6 Å². The molecule has 0 atom stereocenters. The Balaban J connectivity index is 2.33. The zero-order valence-electron chi connectivity index (χ0n) is 11.8. The normalized spacial score (nSPS) is 22.6. The van der Waals surface area contributed by atoms with Crippen LogP contribution in [0.15, 0.2) is 28.7 Å². The largest absolute Gasteiger partial charge is 0.368 e. The molecule has 1 saturated heterocycles. The van der Waals surface area contributed by atoms with Gasteiger partial charge in [0.1, 0.15) is 0 Å². The molecule has 100 valence electrons. The average Bonchev–Trinajstić information content (AvgIpc) is 2.36. The van der Waals surface area contributed by atoms with Crippen LogP contribution in [-0.2, 0) is 0 Å². The number of hydrogen-bond acceptors (Lipinski definition) is 2. The molecule has 2 rings (SSSR count). The topological polar surface area (TPSA) is 15.3 Å². The lowest BCUT2D eigenvalue weighted by Gasteiger charge is -2.33. The summed E-state index contributed by atoms with van der Waals surface area (Å²) in [7, 11) is 0. The summed E-state index contributed by atoms with van der Waals surface area (Å²) in [5, 5.41) is 3.67. The van der Waals surface area contributed by atoms with Crippen molar-refractivity contribution < 1.29 is 0 Å². The maximum Gasteiger partial charge on any atom is 0.0511 e. The number of nitrogens with zero attached hydrogens (tertiary/aromatic N) is 1. The first-order valence-electron chi connectivity index (χ1n) is 6.54. The summed E-state index contributed by atoms with van der Waals surface area (Å²) in [5.74, 6) is 0. The van der Waals surface area contributed by atoms with Crippen molar-refractivity contribution in [3.05, 3.63) is 28.7 Å². The third kappa shape index (κ3) is 3.27. The van der Waals surface area contributed by atoms with Crippen LogP contribution in [-0.4, -0.2) is 25.2 Å². The van der Waals surface area contributed by atoms with Gasteiger partial charge in [-0.2, -0.15) is 0 Å². The standard InChI is InChI=1S/C15H23BrN2/c1-14(2)9-17-15(3,4)11-18(10-14)13-8-6-5-7-12(13)16/h5-8,17H,9-11H2,1-4H3. The van der Waals surface area contributed by atoms with Gasteiger partial charge in [-0.3, -0.25) is 0 Å². The molecule has 2 nitrogen and oxygen atoms in total. The van der Waals surface area contributed by atoms with E-state index in [1.165, 1.54) is 10.2 Å². The maximum absolute atomic E-state index is 3.67. The van der Waals surface area contributed by atoms with E-state index >= 15 is 0 Å². The van der Waals surface area contributed by atoms with E-state index in [0.717, 1.165) is 19.6 Å². The minimum atomic E-state index is 0.142. The van der Waals surface area contributed by atoms with E-state index in [4.69, 9.17) is 0 Å². The molecule has 0 saturated carbocycles. The molecule has 0 aromatic heterocycles. The first-order valence-corrected chi connectivity index (χ1v) is 7.33. The summed E-state index contributed by atoms with van der Waals surface area (Å²) >= 11 is 3.67. The van der Waals surface area contributed by atoms with Crippen LogP contribution in [0.3, 0.4) is 0 Å². The molecule has 0 aliphatic carbocycles. The summed E-state index contributed by atoms with van der Waals surface area (Å²) in [4.78, 5) is 2.49. The van der Waals surface area contributed by atoms with E-state index in [1.807, 2.05) is 0 Å². The van der Waals surface area contributed by atoms with Crippen molar-refractivity contribution in [3.63, 3.8) is 0 Å². The van der Waals surface area contributed by atoms with Gasteiger partial charge in [-0.05, 0) is 47.3 Å². The Labute approximate surface area is 119 Å². The minimum Gasteiger partial charge on any atom is -0.368 e. The highest BCUT2D eigenvalue weighted by molar-refractivity contribution is 9.10. The number of rotatable bonds is 1. The molecular weight excluding hydrogens is 288 g/mol. The fraction of sp³-hybridized carbons (Fsp3) is 0.600. The van der Waals surface area contributed by atoms with E-state index in [2.05, 4.69) is 78.1 Å². The van der Waals surface area contributed by atoms with Crippen molar-refractivity contribution in [3.8, 4) is 0 Å². The van der Waals surface area contributed by atoms with Gasteiger partial charge in [-0.15, -0.1) is 0 Å². The number of anilines is 1. The molecule has 0 radical (unpaired) electrons. The van der Waals surface area contributed by atoms with Crippen LogP contribution in [0, 0.1) is 5.41 Å². The van der Waals surface area contributed by atoms with Gasteiger partial charge in [0.15, 0.2) is 0 Å². The van der Waals surface area contributed by atoms with Crippen LogP contribution >= 0.6 is 15.9 Å². The smallest absolute Gasteiger partial charge is 0.0511 e. The Morgan fingerprint density at radius 1 is 1.11 bits per heavy atom. The number of nitrogens with one attached hydrogen (secondary N) is 1. The maximum atomic E-state index is 3.67. The molecule has 1 heterocycles. The van der Waals surface area contributed by atoms with E-state index in [1.54, 1.807) is 0 Å². The summed E-state index contributed by atoms with van der Waals surface area (Å²) in [6, 6.07) is 8.49. The van der Waals surface area contributed by atoms with Gasteiger partial charge in [0.05, 0.1) is 5.69 Å². The van der Waals surface area contributed by atoms with Gasteiger partial charge in [0.25, 0.3) is 0 Å². The highest BCUT2D eigenvalue weighted by atomic mass is 79.9. The SMILES string of the molecule is CC1(C)CNC(C)(C)CN(c2ccccc2Br)C1. The van der Waals surface area contributed by atoms with E-state index in [0.29, 0.717) is 0 Å². The summed E-state index contributed by atoms with van der Waals surface area (Å²) in [6.45, 7) is 12.4. The van der Waals surface area contributed by atoms with Gasteiger partial charge >= 0.3 is 0 Å². The summed E-state index contributed by atoms with van der Waals surface area (Å²) in [6.07, 6.45) is 0. The molecule has 0 bridgehead atoms. The van der Waals surface area contributed by atoms with Gasteiger partial charge in [0, 0.05) is 29.6 Å². The van der Waals surface area contributed by atoms with Crippen LogP contribution < -0.4 is 10.2 Å². The van der Waals surface area contributed by atoms with Crippen LogP contribution in [0.2, 0.25) is 0 Å². The van der Waals surface area contributed by atoms with Crippen molar-refractivity contribution in [1.29, 1.82) is 0 Å². The average molecular weight is 311 g/mol. The quantitative estimate of drug-likeness (QED) is 0.851. The number of halogens is 1. The minimum absolute atomic E-state index is 0.142. The number of benzene rings is 1. The van der Waals surface area contributed by atoms with Crippen LogP contribution in [0.4, 0.5) is 5.69 Å². The second-order valence-electron chi connectivity index (χ2n) is 6.71. The van der Waals surface area contributed by atoms with Crippen molar-refractivity contribution in [2.24, 2.45) is 5.41 Å². The fourth-order valence-corrected chi connectivity index (χ4v) is 3.05. The van der Waals surface area contributed by atoms with Gasteiger partial charge in [-0.25, -0.2) is 0 Å². The molecule has 0 spiro atoms. The van der Waals surface area contributed by atoms with E-state index in [-0.39, 0.29) is 11.0 Å². The lowest BCUT2D eigenvalue weighted by atomic mass is 9.93. The summed E-state index contributed by atoms with van der Waals surface area (Å²) < 4.78 is 1.18. The predicted octanol–water partition coefficient (Wildman–Crippen LogP) is 3.66. The Kier molecular flexibility index (Phi) is 3.75. The van der Waals surface area contributed by atoms with Gasteiger partial charge in [0.2, 0.25) is 0 Å². The van der Waals surface area contributed by atoms with Crippen LogP contribution in [0.1, 0.15) is 27.7 Å².